The second kappa shape index (κ2) is 5.18. The van der Waals surface area contributed by atoms with Crippen molar-refractivity contribution in [2.45, 2.75) is 6.92 Å². The van der Waals surface area contributed by atoms with Crippen LogP contribution in [-0.4, -0.2) is 34.3 Å². The van der Waals surface area contributed by atoms with Gasteiger partial charge in [0.05, 0.1) is 24.1 Å². The van der Waals surface area contributed by atoms with Crippen LogP contribution in [0.4, 0.5) is 5.69 Å². The Hall–Kier alpha value is -1.56. The first-order valence-corrected chi connectivity index (χ1v) is 6.68. The number of anilines is 1. The number of hydrogen-bond acceptors (Lipinski definition) is 4. The van der Waals surface area contributed by atoms with Crippen LogP contribution in [0.1, 0.15) is 17.3 Å². The van der Waals surface area contributed by atoms with Gasteiger partial charge in [-0.15, -0.1) is 0 Å². The Morgan fingerprint density at radius 3 is 2.59 bits per heavy atom. The van der Waals surface area contributed by atoms with Crippen molar-refractivity contribution in [2.24, 2.45) is 0 Å². The number of sulfonamides is 1. The summed E-state index contributed by atoms with van der Waals surface area (Å²) in [6.07, 6.45) is 0. The van der Waals surface area contributed by atoms with Crippen LogP contribution in [0.15, 0.2) is 24.3 Å². The van der Waals surface area contributed by atoms with Gasteiger partial charge in [-0.2, -0.15) is 0 Å². The molecular weight excluding hydrogens is 242 g/mol. The highest BCUT2D eigenvalue weighted by Gasteiger charge is 2.17. The Morgan fingerprint density at radius 1 is 1.41 bits per heavy atom. The number of carbonyl (C=O) groups is 1. The fourth-order valence-corrected chi connectivity index (χ4v) is 2.12. The van der Waals surface area contributed by atoms with E-state index >= 15 is 0 Å². The van der Waals surface area contributed by atoms with Crippen LogP contribution in [0, 0.1) is 0 Å². The van der Waals surface area contributed by atoms with Gasteiger partial charge in [-0.1, -0.05) is 6.07 Å². The van der Waals surface area contributed by atoms with Gasteiger partial charge in [0.25, 0.3) is 0 Å². The Kier molecular flexibility index (Phi) is 4.11. The molecule has 0 heterocycles. The average Bonchev–Trinajstić information content (AvgIpc) is 2.36. The quantitative estimate of drug-likeness (QED) is 0.762. The maximum atomic E-state index is 11.7. The molecule has 17 heavy (non-hydrogen) atoms. The summed E-state index contributed by atoms with van der Waals surface area (Å²) < 4.78 is 29.0. The highest BCUT2D eigenvalue weighted by atomic mass is 32.2. The van der Waals surface area contributed by atoms with Gasteiger partial charge in [0.1, 0.15) is 0 Å². The van der Waals surface area contributed by atoms with Gasteiger partial charge in [0.2, 0.25) is 10.0 Å². The molecule has 0 amide bonds. The molecule has 0 fully saturated rings. The van der Waals surface area contributed by atoms with E-state index in [0.717, 1.165) is 4.31 Å². The number of esters is 1. The lowest BCUT2D eigenvalue weighted by molar-refractivity contribution is 0.0601. The van der Waals surface area contributed by atoms with E-state index in [1.54, 1.807) is 25.1 Å². The third kappa shape index (κ3) is 2.97. The van der Waals surface area contributed by atoms with E-state index in [0.29, 0.717) is 11.3 Å². The molecule has 1 aromatic carbocycles. The van der Waals surface area contributed by atoms with Crippen molar-refractivity contribution in [3.63, 3.8) is 0 Å². The summed E-state index contributed by atoms with van der Waals surface area (Å²) in [5, 5.41) is 0. The molecule has 0 aliphatic heterocycles. The molecule has 0 aliphatic rings. The second-order valence-corrected chi connectivity index (χ2v) is 5.70. The molecule has 6 heteroatoms. The van der Waals surface area contributed by atoms with Crippen molar-refractivity contribution < 1.29 is 17.9 Å². The largest absolute Gasteiger partial charge is 0.465 e. The predicted octanol–water partition coefficient (Wildman–Crippen LogP) is 1.26. The Morgan fingerprint density at radius 2 is 2.06 bits per heavy atom. The molecule has 1 rings (SSSR count). The summed E-state index contributed by atoms with van der Waals surface area (Å²) in [6.45, 7) is 1.57. The van der Waals surface area contributed by atoms with Crippen LogP contribution in [0.5, 0.6) is 0 Å². The summed E-state index contributed by atoms with van der Waals surface area (Å²) in [5.74, 6) is -0.486. The van der Waals surface area contributed by atoms with E-state index in [2.05, 4.69) is 4.74 Å². The Bertz CT molecular complexity index is 510. The molecule has 0 saturated heterocycles. The molecule has 0 spiro atoms. The normalized spacial score (nSPS) is 11.0. The molecule has 1 aromatic rings. The van der Waals surface area contributed by atoms with Crippen molar-refractivity contribution in [3.05, 3.63) is 29.8 Å². The minimum Gasteiger partial charge on any atom is -0.465 e. The zero-order valence-electron chi connectivity index (χ0n) is 10.0. The molecule has 0 N–H and O–H groups in total. The van der Waals surface area contributed by atoms with Gasteiger partial charge in [-0.25, -0.2) is 13.2 Å². The van der Waals surface area contributed by atoms with Crippen LogP contribution in [0.3, 0.4) is 0 Å². The lowest BCUT2D eigenvalue weighted by Crippen LogP contribution is -2.28. The molecule has 94 valence electrons. The number of methoxy groups -OCH3 is 1. The van der Waals surface area contributed by atoms with Crippen LogP contribution in [0.25, 0.3) is 0 Å². The molecule has 0 aliphatic carbocycles. The standard InChI is InChI=1S/C11H15NO4S/c1-4-17(14,15)12(2)10-7-5-6-9(8-10)11(13)16-3/h5-8H,4H2,1-3H3. The maximum Gasteiger partial charge on any atom is 0.337 e. The number of rotatable bonds is 4. The maximum absolute atomic E-state index is 11.7. The topological polar surface area (TPSA) is 63.7 Å². The van der Waals surface area contributed by atoms with Crippen molar-refractivity contribution in [1.82, 2.24) is 0 Å². The van der Waals surface area contributed by atoms with Gasteiger partial charge in [0.15, 0.2) is 0 Å². The molecule has 0 bridgehead atoms. The first-order chi connectivity index (χ1) is 7.92. The zero-order valence-corrected chi connectivity index (χ0v) is 10.8. The smallest absolute Gasteiger partial charge is 0.337 e. The number of carbonyl (C=O) groups excluding carboxylic acids is 1. The Balaban J connectivity index is 3.12. The number of nitrogens with zero attached hydrogens (tertiary/aromatic N) is 1. The third-order valence-electron chi connectivity index (χ3n) is 2.41. The summed E-state index contributed by atoms with van der Waals surface area (Å²) in [7, 11) is -0.586. The van der Waals surface area contributed by atoms with Crippen molar-refractivity contribution in [2.75, 3.05) is 24.2 Å². The van der Waals surface area contributed by atoms with Crippen LogP contribution < -0.4 is 4.31 Å². The highest BCUT2D eigenvalue weighted by Crippen LogP contribution is 2.18. The molecule has 0 unspecified atom stereocenters. The van der Waals surface area contributed by atoms with Crippen molar-refractivity contribution >= 4 is 21.7 Å². The Labute approximate surface area is 101 Å². The number of hydrogen-bond donors (Lipinski definition) is 0. The number of benzene rings is 1. The van der Waals surface area contributed by atoms with Gasteiger partial charge in [-0.05, 0) is 25.1 Å². The molecule has 0 saturated carbocycles. The number of ether oxygens (including phenoxy) is 1. The second-order valence-electron chi connectivity index (χ2n) is 3.41. The van der Waals surface area contributed by atoms with E-state index in [1.165, 1.54) is 20.2 Å². The summed E-state index contributed by atoms with van der Waals surface area (Å²) in [6, 6.07) is 6.30. The molecule has 0 aromatic heterocycles. The minimum atomic E-state index is -3.32. The molecule has 0 atom stereocenters. The first kappa shape index (κ1) is 13.5. The van der Waals surface area contributed by atoms with Gasteiger partial charge in [-0.3, -0.25) is 4.31 Å². The molecule has 0 radical (unpaired) electrons. The van der Waals surface area contributed by atoms with Gasteiger partial charge in [0, 0.05) is 7.05 Å². The summed E-state index contributed by atoms with van der Waals surface area (Å²) in [5.41, 5.74) is 0.762. The summed E-state index contributed by atoms with van der Waals surface area (Å²) >= 11 is 0. The predicted molar refractivity (Wildman–Crippen MR) is 65.6 cm³/mol. The fraction of sp³-hybridized carbons (Fsp3) is 0.364. The van der Waals surface area contributed by atoms with Gasteiger partial charge >= 0.3 is 5.97 Å². The fourth-order valence-electron chi connectivity index (χ4n) is 1.30. The van der Waals surface area contributed by atoms with E-state index in [9.17, 15) is 13.2 Å². The van der Waals surface area contributed by atoms with Crippen LogP contribution in [0.2, 0.25) is 0 Å². The van der Waals surface area contributed by atoms with Gasteiger partial charge < -0.3 is 4.74 Å². The average molecular weight is 257 g/mol. The minimum absolute atomic E-state index is 0.00590. The SMILES string of the molecule is CCS(=O)(=O)N(C)c1cccc(C(=O)OC)c1. The zero-order chi connectivity index (χ0) is 13.1. The van der Waals surface area contributed by atoms with E-state index < -0.39 is 16.0 Å². The van der Waals surface area contributed by atoms with E-state index in [1.807, 2.05) is 0 Å². The van der Waals surface area contributed by atoms with Crippen molar-refractivity contribution in [1.29, 1.82) is 0 Å². The highest BCUT2D eigenvalue weighted by molar-refractivity contribution is 7.92. The lowest BCUT2D eigenvalue weighted by Gasteiger charge is -2.18. The van der Waals surface area contributed by atoms with E-state index in [4.69, 9.17) is 0 Å². The monoisotopic (exact) mass is 257 g/mol. The van der Waals surface area contributed by atoms with E-state index in [-0.39, 0.29) is 5.75 Å². The molecule has 5 nitrogen and oxygen atoms in total. The van der Waals surface area contributed by atoms with Crippen LogP contribution in [-0.2, 0) is 14.8 Å². The summed E-state index contributed by atoms with van der Waals surface area (Å²) in [4.78, 5) is 11.3. The van der Waals surface area contributed by atoms with Crippen molar-refractivity contribution in [3.8, 4) is 0 Å². The molecular formula is C11H15NO4S. The third-order valence-corrected chi connectivity index (χ3v) is 4.19. The van der Waals surface area contributed by atoms with Crippen LogP contribution >= 0.6 is 0 Å². The first-order valence-electron chi connectivity index (χ1n) is 5.07. The lowest BCUT2D eigenvalue weighted by atomic mass is 10.2.